The molecule has 5 nitrogen and oxygen atoms in total. The van der Waals surface area contributed by atoms with E-state index in [9.17, 15) is 9.18 Å². The number of carbonyl (C=O) groups excluding carboxylic acids is 1. The lowest BCUT2D eigenvalue weighted by atomic mass is 10.3. The van der Waals surface area contributed by atoms with Gasteiger partial charge in [-0.05, 0) is 26.0 Å². The molecule has 0 unspecified atom stereocenters. The fourth-order valence-electron chi connectivity index (χ4n) is 1.82. The number of benzene rings is 1. The average Bonchev–Trinajstić information content (AvgIpc) is 2.71. The maximum Gasteiger partial charge on any atom is 0.326 e. The normalized spacial score (nSPS) is 10.3. The number of aryl methyl sites for hydroxylation is 2. The van der Waals surface area contributed by atoms with Gasteiger partial charge in [0.15, 0.2) is 5.76 Å². The lowest BCUT2D eigenvalue weighted by molar-refractivity contribution is 0.258. The quantitative estimate of drug-likeness (QED) is 0.905. The summed E-state index contributed by atoms with van der Waals surface area (Å²) in [6.45, 7) is 3.45. The molecule has 0 bridgehead atoms. The first kappa shape index (κ1) is 13.1. The van der Waals surface area contributed by atoms with Crippen LogP contribution in [0.2, 0.25) is 0 Å². The second-order valence-corrected chi connectivity index (χ2v) is 4.14. The van der Waals surface area contributed by atoms with Crippen LogP contribution >= 0.6 is 0 Å². The Kier molecular flexibility index (Phi) is 3.50. The summed E-state index contributed by atoms with van der Waals surface area (Å²) in [4.78, 5) is 13.4. The first-order valence-electron chi connectivity index (χ1n) is 5.73. The highest BCUT2D eigenvalue weighted by atomic mass is 19.1. The number of anilines is 2. The maximum absolute atomic E-state index is 13.5. The Balaban J connectivity index is 2.19. The van der Waals surface area contributed by atoms with Crippen molar-refractivity contribution in [3.8, 4) is 0 Å². The van der Waals surface area contributed by atoms with E-state index in [2.05, 4.69) is 10.5 Å². The molecule has 100 valence electrons. The summed E-state index contributed by atoms with van der Waals surface area (Å²) in [5.74, 6) is 0.0479. The summed E-state index contributed by atoms with van der Waals surface area (Å²) in [6, 6.07) is 5.52. The molecule has 0 atom stereocenters. The van der Waals surface area contributed by atoms with Crippen LogP contribution in [-0.2, 0) is 0 Å². The Hall–Kier alpha value is -2.37. The molecule has 1 aromatic carbocycles. The van der Waals surface area contributed by atoms with E-state index < -0.39 is 11.8 Å². The zero-order valence-corrected chi connectivity index (χ0v) is 10.9. The van der Waals surface area contributed by atoms with Crippen LogP contribution in [-0.4, -0.2) is 18.2 Å². The summed E-state index contributed by atoms with van der Waals surface area (Å²) >= 11 is 0. The minimum absolute atomic E-state index is 0.131. The summed E-state index contributed by atoms with van der Waals surface area (Å²) in [5.41, 5.74) is 1.31. The van der Waals surface area contributed by atoms with Crippen LogP contribution in [0, 0.1) is 19.7 Å². The van der Waals surface area contributed by atoms with Gasteiger partial charge in [-0.15, -0.1) is 0 Å². The molecule has 0 fully saturated rings. The molecule has 2 aromatic rings. The largest absolute Gasteiger partial charge is 0.359 e. The Labute approximate surface area is 110 Å². The van der Waals surface area contributed by atoms with Gasteiger partial charge in [0.2, 0.25) is 0 Å². The van der Waals surface area contributed by atoms with Crippen molar-refractivity contribution in [2.45, 2.75) is 13.8 Å². The van der Waals surface area contributed by atoms with Crippen LogP contribution in [0.5, 0.6) is 0 Å². The predicted molar refractivity (Wildman–Crippen MR) is 69.8 cm³/mol. The lowest BCUT2D eigenvalue weighted by Crippen LogP contribution is -2.32. The third-order valence-electron chi connectivity index (χ3n) is 2.75. The number of halogens is 1. The predicted octanol–water partition coefficient (Wildman–Crippen LogP) is 3.10. The summed E-state index contributed by atoms with van der Waals surface area (Å²) in [5, 5.41) is 6.27. The van der Waals surface area contributed by atoms with E-state index in [4.69, 9.17) is 4.52 Å². The molecule has 0 radical (unpaired) electrons. The lowest BCUT2D eigenvalue weighted by Gasteiger charge is -2.17. The third-order valence-corrected chi connectivity index (χ3v) is 2.75. The van der Waals surface area contributed by atoms with Crippen LogP contribution in [0.25, 0.3) is 0 Å². The number of amides is 2. The van der Waals surface area contributed by atoms with Crippen molar-refractivity contribution in [1.82, 2.24) is 5.16 Å². The van der Waals surface area contributed by atoms with E-state index in [1.807, 2.05) is 0 Å². The van der Waals surface area contributed by atoms with E-state index in [-0.39, 0.29) is 5.69 Å². The number of hydrogen-bond acceptors (Lipinski definition) is 3. The van der Waals surface area contributed by atoms with Gasteiger partial charge in [-0.1, -0.05) is 17.3 Å². The summed E-state index contributed by atoms with van der Waals surface area (Å²) in [6.07, 6.45) is 0. The van der Waals surface area contributed by atoms with Gasteiger partial charge < -0.3 is 9.84 Å². The van der Waals surface area contributed by atoms with Crippen LogP contribution in [0.1, 0.15) is 11.5 Å². The molecule has 0 aliphatic rings. The number of rotatable bonds is 2. The second kappa shape index (κ2) is 5.09. The Morgan fingerprint density at radius 3 is 2.63 bits per heavy atom. The number of carbonyl (C=O) groups is 1. The second-order valence-electron chi connectivity index (χ2n) is 4.14. The summed E-state index contributed by atoms with van der Waals surface area (Å²) < 4.78 is 18.4. The zero-order chi connectivity index (χ0) is 14.0. The summed E-state index contributed by atoms with van der Waals surface area (Å²) in [7, 11) is 1.57. The van der Waals surface area contributed by atoms with E-state index in [0.717, 1.165) is 0 Å². The van der Waals surface area contributed by atoms with Crippen LogP contribution in [0.4, 0.5) is 20.6 Å². The third kappa shape index (κ3) is 2.57. The minimum atomic E-state index is -0.483. The highest BCUT2D eigenvalue weighted by Gasteiger charge is 2.20. The molecule has 19 heavy (non-hydrogen) atoms. The highest BCUT2D eigenvalue weighted by Crippen LogP contribution is 2.23. The van der Waals surface area contributed by atoms with Gasteiger partial charge in [-0.25, -0.2) is 9.18 Å². The van der Waals surface area contributed by atoms with Gasteiger partial charge in [0.1, 0.15) is 17.2 Å². The monoisotopic (exact) mass is 263 g/mol. The Morgan fingerprint density at radius 1 is 1.37 bits per heavy atom. The molecule has 6 heteroatoms. The van der Waals surface area contributed by atoms with Gasteiger partial charge in [0.05, 0.1) is 5.69 Å². The van der Waals surface area contributed by atoms with Gasteiger partial charge in [-0.3, -0.25) is 4.90 Å². The van der Waals surface area contributed by atoms with Crippen LogP contribution in [0.3, 0.4) is 0 Å². The number of nitrogens with zero attached hydrogens (tertiary/aromatic N) is 2. The van der Waals surface area contributed by atoms with Gasteiger partial charge in [-0.2, -0.15) is 0 Å². The number of aromatic nitrogens is 1. The van der Waals surface area contributed by atoms with Crippen LogP contribution < -0.4 is 10.2 Å². The Morgan fingerprint density at radius 2 is 2.05 bits per heavy atom. The van der Waals surface area contributed by atoms with Gasteiger partial charge in [0.25, 0.3) is 0 Å². The average molecular weight is 263 g/mol. The van der Waals surface area contributed by atoms with Crippen molar-refractivity contribution >= 4 is 17.4 Å². The zero-order valence-electron chi connectivity index (χ0n) is 10.9. The first-order valence-corrected chi connectivity index (χ1v) is 5.73. The van der Waals surface area contributed by atoms with Crippen LogP contribution in [0.15, 0.2) is 28.8 Å². The molecular weight excluding hydrogens is 249 g/mol. The van der Waals surface area contributed by atoms with Crippen molar-refractivity contribution in [3.05, 3.63) is 41.5 Å². The fourth-order valence-corrected chi connectivity index (χ4v) is 1.82. The van der Waals surface area contributed by atoms with Gasteiger partial charge in [0, 0.05) is 7.05 Å². The fraction of sp³-hybridized carbons (Fsp3) is 0.231. The highest BCUT2D eigenvalue weighted by molar-refractivity contribution is 6.01. The molecule has 1 heterocycles. The number of hydrogen-bond donors (Lipinski definition) is 1. The number of nitrogens with one attached hydrogen (secondary N) is 1. The molecule has 0 spiro atoms. The van der Waals surface area contributed by atoms with Crippen molar-refractivity contribution in [2.75, 3.05) is 17.3 Å². The van der Waals surface area contributed by atoms with E-state index in [1.54, 1.807) is 33.0 Å². The molecule has 0 saturated heterocycles. The molecule has 2 rings (SSSR count). The Bertz CT molecular complexity index is 590. The minimum Gasteiger partial charge on any atom is -0.359 e. The molecule has 0 aliphatic carbocycles. The van der Waals surface area contributed by atoms with Crippen molar-refractivity contribution < 1.29 is 13.7 Å². The van der Waals surface area contributed by atoms with Crippen molar-refractivity contribution in [1.29, 1.82) is 0 Å². The molecule has 0 aliphatic heterocycles. The number of para-hydroxylation sites is 1. The SMILES string of the molecule is Cc1noc(C)c1N(C)C(=O)Nc1ccccc1F. The standard InChI is InChI=1S/C13H14FN3O2/c1-8-12(9(2)19-16-8)17(3)13(18)15-11-7-5-4-6-10(11)14/h4-7H,1-3H3,(H,15,18). The topological polar surface area (TPSA) is 58.4 Å². The van der Waals surface area contributed by atoms with Crippen molar-refractivity contribution in [2.24, 2.45) is 0 Å². The van der Waals surface area contributed by atoms with E-state index in [1.165, 1.54) is 17.0 Å². The van der Waals surface area contributed by atoms with Crippen molar-refractivity contribution in [3.63, 3.8) is 0 Å². The number of urea groups is 1. The smallest absolute Gasteiger partial charge is 0.326 e. The maximum atomic E-state index is 13.5. The van der Waals surface area contributed by atoms with E-state index in [0.29, 0.717) is 17.1 Å². The molecule has 0 saturated carbocycles. The molecule has 1 aromatic heterocycles. The first-order chi connectivity index (χ1) is 9.00. The molecule has 2 amide bonds. The molecular formula is C13H14FN3O2. The van der Waals surface area contributed by atoms with Gasteiger partial charge >= 0.3 is 6.03 Å². The molecule has 1 N–H and O–H groups in total. The van der Waals surface area contributed by atoms with E-state index >= 15 is 0 Å².